The van der Waals surface area contributed by atoms with E-state index in [-0.39, 0.29) is 11.7 Å². The van der Waals surface area contributed by atoms with Gasteiger partial charge in [0.2, 0.25) is 0 Å². The van der Waals surface area contributed by atoms with Gasteiger partial charge in [0.05, 0.1) is 6.10 Å². The number of H-pyrrole nitrogens is 1. The molecule has 12 heavy (non-hydrogen) atoms. The zero-order valence-electron chi connectivity index (χ0n) is 6.65. The van der Waals surface area contributed by atoms with Gasteiger partial charge in [0, 0.05) is 18.0 Å². The average molecular weight is 186 g/mol. The van der Waals surface area contributed by atoms with E-state index in [2.05, 4.69) is 9.97 Å². The summed E-state index contributed by atoms with van der Waals surface area (Å²) < 4.78 is 0. The Kier molecular flexibility index (Phi) is 3.31. The van der Waals surface area contributed by atoms with Crippen molar-refractivity contribution in [2.24, 2.45) is 0 Å². The molecule has 0 aliphatic rings. The lowest BCUT2D eigenvalue weighted by atomic mass is 10.5. The lowest BCUT2D eigenvalue weighted by Crippen LogP contribution is -2.08. The predicted molar refractivity (Wildman–Crippen MR) is 47.3 cm³/mol. The summed E-state index contributed by atoms with van der Waals surface area (Å²) in [6, 6.07) is 1.35. The van der Waals surface area contributed by atoms with Crippen LogP contribution >= 0.6 is 11.8 Å². The van der Waals surface area contributed by atoms with Crippen molar-refractivity contribution in [3.63, 3.8) is 0 Å². The number of hydrogen-bond acceptors (Lipinski definition) is 4. The number of rotatable bonds is 3. The van der Waals surface area contributed by atoms with Gasteiger partial charge in [0.25, 0.3) is 5.56 Å². The topological polar surface area (TPSA) is 66.0 Å². The van der Waals surface area contributed by atoms with E-state index in [4.69, 9.17) is 5.11 Å². The van der Waals surface area contributed by atoms with Crippen molar-refractivity contribution in [2.45, 2.75) is 18.2 Å². The summed E-state index contributed by atoms with van der Waals surface area (Å²) >= 11 is 1.33. The molecule has 5 heteroatoms. The average Bonchev–Trinajstić information content (AvgIpc) is 2.01. The molecule has 0 unspecified atom stereocenters. The van der Waals surface area contributed by atoms with Gasteiger partial charge in [-0.2, -0.15) is 0 Å². The van der Waals surface area contributed by atoms with Crippen LogP contribution in [0.25, 0.3) is 0 Å². The number of aliphatic hydroxyl groups is 1. The van der Waals surface area contributed by atoms with Crippen LogP contribution in [0, 0.1) is 0 Å². The molecule has 0 saturated heterocycles. The van der Waals surface area contributed by atoms with Crippen molar-refractivity contribution in [3.05, 3.63) is 22.6 Å². The Morgan fingerprint density at radius 1 is 1.83 bits per heavy atom. The molecule has 0 bridgehead atoms. The molecule has 0 radical (unpaired) electrons. The molecule has 1 heterocycles. The minimum absolute atomic E-state index is 0.168. The molecule has 0 aliphatic heterocycles. The van der Waals surface area contributed by atoms with E-state index in [1.165, 1.54) is 24.0 Å². The molecular weight excluding hydrogens is 176 g/mol. The molecular formula is C7H10N2O2S. The highest BCUT2D eigenvalue weighted by Crippen LogP contribution is 2.10. The molecule has 0 fully saturated rings. The van der Waals surface area contributed by atoms with E-state index in [1.54, 1.807) is 6.92 Å². The van der Waals surface area contributed by atoms with Gasteiger partial charge in [-0.25, -0.2) is 4.98 Å². The van der Waals surface area contributed by atoms with Gasteiger partial charge in [-0.05, 0) is 6.92 Å². The summed E-state index contributed by atoms with van der Waals surface area (Å²) in [6.45, 7) is 1.69. The lowest BCUT2D eigenvalue weighted by Gasteiger charge is -2.01. The van der Waals surface area contributed by atoms with Gasteiger partial charge in [-0.1, -0.05) is 11.8 Å². The zero-order chi connectivity index (χ0) is 8.97. The second-order valence-electron chi connectivity index (χ2n) is 2.40. The Hall–Kier alpha value is -0.810. The molecule has 1 rings (SSSR count). The van der Waals surface area contributed by atoms with Crippen molar-refractivity contribution in [2.75, 3.05) is 5.75 Å². The number of nitrogens with one attached hydrogen (secondary N) is 1. The molecule has 0 spiro atoms. The minimum atomic E-state index is -0.388. The summed E-state index contributed by atoms with van der Waals surface area (Å²) in [5.41, 5.74) is -0.168. The fraction of sp³-hybridized carbons (Fsp3) is 0.429. The van der Waals surface area contributed by atoms with Crippen molar-refractivity contribution in [1.82, 2.24) is 9.97 Å². The Bertz CT molecular complexity index is 297. The minimum Gasteiger partial charge on any atom is -0.393 e. The number of hydrogen-bond donors (Lipinski definition) is 2. The Morgan fingerprint density at radius 2 is 2.58 bits per heavy atom. The molecule has 0 saturated carbocycles. The third-order valence-corrected chi connectivity index (χ3v) is 2.24. The van der Waals surface area contributed by atoms with E-state index < -0.39 is 0 Å². The summed E-state index contributed by atoms with van der Waals surface area (Å²) in [5.74, 6) is 0.535. The Balaban J connectivity index is 2.58. The van der Waals surface area contributed by atoms with E-state index in [0.717, 1.165) is 0 Å². The zero-order valence-corrected chi connectivity index (χ0v) is 7.47. The highest BCUT2D eigenvalue weighted by molar-refractivity contribution is 7.99. The van der Waals surface area contributed by atoms with Gasteiger partial charge in [-0.3, -0.25) is 4.79 Å². The third-order valence-electron chi connectivity index (χ3n) is 1.11. The summed E-state index contributed by atoms with van der Waals surface area (Å²) in [6.07, 6.45) is 1.06. The molecule has 1 aromatic rings. The fourth-order valence-corrected chi connectivity index (χ4v) is 1.33. The van der Waals surface area contributed by atoms with Crippen molar-refractivity contribution in [3.8, 4) is 0 Å². The SMILES string of the molecule is C[C@@H](O)CSc1nccc(=O)[nH]1. The highest BCUT2D eigenvalue weighted by Gasteiger charge is 1.99. The molecule has 0 aliphatic carbocycles. The van der Waals surface area contributed by atoms with Crippen LogP contribution in [-0.2, 0) is 0 Å². The molecule has 66 valence electrons. The smallest absolute Gasteiger partial charge is 0.251 e. The van der Waals surface area contributed by atoms with Crippen molar-refractivity contribution in [1.29, 1.82) is 0 Å². The lowest BCUT2D eigenvalue weighted by molar-refractivity contribution is 0.220. The number of aromatic amines is 1. The van der Waals surface area contributed by atoms with Gasteiger partial charge in [0.1, 0.15) is 0 Å². The van der Waals surface area contributed by atoms with Crippen LogP contribution in [0.3, 0.4) is 0 Å². The number of aliphatic hydroxyl groups excluding tert-OH is 1. The maximum absolute atomic E-state index is 10.8. The van der Waals surface area contributed by atoms with Gasteiger partial charge in [-0.15, -0.1) is 0 Å². The number of thioether (sulfide) groups is 1. The first kappa shape index (κ1) is 9.28. The second-order valence-corrected chi connectivity index (χ2v) is 3.41. The summed E-state index contributed by atoms with van der Waals surface area (Å²) in [4.78, 5) is 17.2. The van der Waals surface area contributed by atoms with Crippen LogP contribution < -0.4 is 5.56 Å². The van der Waals surface area contributed by atoms with E-state index in [9.17, 15) is 4.79 Å². The maximum Gasteiger partial charge on any atom is 0.251 e. The van der Waals surface area contributed by atoms with Crippen LogP contribution in [0.5, 0.6) is 0 Å². The highest BCUT2D eigenvalue weighted by atomic mass is 32.2. The Labute approximate surface area is 74.0 Å². The maximum atomic E-state index is 10.8. The quantitative estimate of drug-likeness (QED) is 0.524. The standard InChI is InChI=1S/C7H10N2O2S/c1-5(10)4-12-7-8-3-2-6(11)9-7/h2-3,5,10H,4H2,1H3,(H,8,9,11)/t5-/m1/s1. The van der Waals surface area contributed by atoms with E-state index in [1.807, 2.05) is 0 Å². The summed E-state index contributed by atoms with van der Waals surface area (Å²) in [7, 11) is 0. The van der Waals surface area contributed by atoms with Crippen molar-refractivity contribution < 1.29 is 5.11 Å². The number of aromatic nitrogens is 2. The molecule has 4 nitrogen and oxygen atoms in total. The first-order chi connectivity index (χ1) is 5.68. The molecule has 0 amide bonds. The molecule has 1 atom stereocenters. The number of nitrogens with zero attached hydrogens (tertiary/aromatic N) is 1. The normalized spacial score (nSPS) is 12.8. The van der Waals surface area contributed by atoms with Gasteiger partial charge in [0.15, 0.2) is 5.16 Å². The second kappa shape index (κ2) is 4.27. The largest absolute Gasteiger partial charge is 0.393 e. The van der Waals surface area contributed by atoms with Crippen LogP contribution in [0.15, 0.2) is 22.2 Å². The van der Waals surface area contributed by atoms with Crippen LogP contribution in [0.4, 0.5) is 0 Å². The van der Waals surface area contributed by atoms with E-state index in [0.29, 0.717) is 10.9 Å². The van der Waals surface area contributed by atoms with Crippen molar-refractivity contribution >= 4 is 11.8 Å². The molecule has 0 aromatic carbocycles. The van der Waals surface area contributed by atoms with Crippen LogP contribution in [0.1, 0.15) is 6.92 Å². The molecule has 2 N–H and O–H groups in total. The monoisotopic (exact) mass is 186 g/mol. The first-order valence-electron chi connectivity index (χ1n) is 3.54. The first-order valence-corrected chi connectivity index (χ1v) is 4.53. The Morgan fingerprint density at radius 3 is 3.17 bits per heavy atom. The predicted octanol–water partition coefficient (Wildman–Crippen LogP) is 0.243. The third kappa shape index (κ3) is 3.06. The van der Waals surface area contributed by atoms with Crippen LogP contribution in [0.2, 0.25) is 0 Å². The molecule has 1 aromatic heterocycles. The van der Waals surface area contributed by atoms with E-state index >= 15 is 0 Å². The summed E-state index contributed by atoms with van der Waals surface area (Å²) in [5, 5.41) is 9.49. The van der Waals surface area contributed by atoms with Gasteiger partial charge < -0.3 is 10.1 Å². The van der Waals surface area contributed by atoms with Crippen LogP contribution in [-0.4, -0.2) is 26.9 Å². The fourth-order valence-electron chi connectivity index (χ4n) is 0.625. The van der Waals surface area contributed by atoms with Gasteiger partial charge >= 0.3 is 0 Å².